The molecule has 0 spiro atoms. The van der Waals surface area contributed by atoms with Crippen molar-refractivity contribution in [3.05, 3.63) is 29.8 Å². The van der Waals surface area contributed by atoms with Gasteiger partial charge in [0.1, 0.15) is 4.99 Å². The first-order chi connectivity index (χ1) is 9.74. The summed E-state index contributed by atoms with van der Waals surface area (Å²) in [6.07, 6.45) is 1.04. The van der Waals surface area contributed by atoms with Crippen molar-refractivity contribution in [1.82, 2.24) is 4.72 Å². The third-order valence-electron chi connectivity index (χ3n) is 3.41. The summed E-state index contributed by atoms with van der Waals surface area (Å²) in [5.41, 5.74) is 5.76. The lowest BCUT2D eigenvalue weighted by molar-refractivity contribution is 0.571. The van der Waals surface area contributed by atoms with E-state index in [9.17, 15) is 16.8 Å². The Kier molecular flexibility index (Phi) is 4.66. The minimum Gasteiger partial charge on any atom is -0.389 e. The van der Waals surface area contributed by atoms with Crippen LogP contribution < -0.4 is 10.5 Å². The Morgan fingerprint density at radius 2 is 2.05 bits per heavy atom. The highest BCUT2D eigenvalue weighted by Crippen LogP contribution is 2.20. The van der Waals surface area contributed by atoms with Crippen LogP contribution in [-0.2, 0) is 19.9 Å². The van der Waals surface area contributed by atoms with E-state index < -0.39 is 25.1 Å². The Morgan fingerprint density at radius 1 is 1.38 bits per heavy atom. The minimum atomic E-state index is -3.86. The third-order valence-corrected chi connectivity index (χ3v) is 7.38. The zero-order chi connectivity index (χ0) is 15.7. The molecule has 1 aliphatic heterocycles. The van der Waals surface area contributed by atoms with Crippen LogP contribution in [0.1, 0.15) is 18.4 Å². The molecule has 116 valence electrons. The predicted octanol–water partition coefficient (Wildman–Crippen LogP) is 0.176. The maximum absolute atomic E-state index is 12.3. The molecule has 1 aromatic carbocycles. The first-order valence-electron chi connectivity index (χ1n) is 6.34. The number of sulfonamides is 1. The van der Waals surface area contributed by atoms with Crippen LogP contribution >= 0.6 is 12.2 Å². The van der Waals surface area contributed by atoms with Crippen LogP contribution in [0.4, 0.5) is 0 Å². The van der Waals surface area contributed by atoms with Gasteiger partial charge in [-0.1, -0.05) is 30.4 Å². The van der Waals surface area contributed by atoms with Crippen molar-refractivity contribution in [2.75, 3.05) is 12.3 Å². The standard InChI is InChI=1S/C12H16N2O4S3/c13-12(19)10-5-1-2-6-11(10)21(17,18)14-8-9-4-3-7-20(9,15)16/h1-2,5-6,9,14H,3-4,7-8H2,(H2,13,19). The predicted molar refractivity (Wildman–Crippen MR) is 84.3 cm³/mol. The molecule has 3 N–H and O–H groups in total. The molecule has 0 bridgehead atoms. The fraction of sp³-hybridized carbons (Fsp3) is 0.417. The summed E-state index contributed by atoms with van der Waals surface area (Å²) >= 11 is 4.84. The van der Waals surface area contributed by atoms with Crippen LogP contribution in [-0.4, -0.2) is 39.4 Å². The Labute approximate surface area is 129 Å². The maximum atomic E-state index is 12.3. The Morgan fingerprint density at radius 3 is 2.62 bits per heavy atom. The van der Waals surface area contributed by atoms with Gasteiger partial charge in [-0.2, -0.15) is 0 Å². The van der Waals surface area contributed by atoms with Gasteiger partial charge in [0.15, 0.2) is 9.84 Å². The Balaban J connectivity index is 2.22. The van der Waals surface area contributed by atoms with Gasteiger partial charge >= 0.3 is 0 Å². The van der Waals surface area contributed by atoms with Gasteiger partial charge in [0.2, 0.25) is 10.0 Å². The lowest BCUT2D eigenvalue weighted by Crippen LogP contribution is -2.35. The van der Waals surface area contributed by atoms with Gasteiger partial charge in [0.25, 0.3) is 0 Å². The fourth-order valence-electron chi connectivity index (χ4n) is 2.27. The van der Waals surface area contributed by atoms with Crippen molar-refractivity contribution in [3.8, 4) is 0 Å². The summed E-state index contributed by atoms with van der Waals surface area (Å²) in [5, 5.41) is -0.663. The summed E-state index contributed by atoms with van der Waals surface area (Å²) in [4.78, 5) is -0.0580. The van der Waals surface area contributed by atoms with E-state index in [-0.39, 0.29) is 27.7 Å². The normalized spacial score (nSPS) is 21.2. The molecule has 1 saturated heterocycles. The molecule has 1 fully saturated rings. The highest BCUT2D eigenvalue weighted by Gasteiger charge is 2.32. The van der Waals surface area contributed by atoms with Gasteiger partial charge in [0.05, 0.1) is 15.9 Å². The molecule has 0 saturated carbocycles. The van der Waals surface area contributed by atoms with Crippen LogP contribution in [0.2, 0.25) is 0 Å². The van der Waals surface area contributed by atoms with Crippen molar-refractivity contribution in [1.29, 1.82) is 0 Å². The lowest BCUT2D eigenvalue weighted by Gasteiger charge is -2.13. The number of benzene rings is 1. The van der Waals surface area contributed by atoms with Crippen LogP contribution in [0.3, 0.4) is 0 Å². The third kappa shape index (κ3) is 3.60. The molecular formula is C12H16N2O4S3. The van der Waals surface area contributed by atoms with E-state index >= 15 is 0 Å². The van der Waals surface area contributed by atoms with Gasteiger partial charge in [-0.25, -0.2) is 21.6 Å². The molecule has 1 heterocycles. The summed E-state index contributed by atoms with van der Waals surface area (Å²) in [6.45, 7) is -0.129. The van der Waals surface area contributed by atoms with Crippen molar-refractivity contribution in [2.45, 2.75) is 23.0 Å². The summed E-state index contributed by atoms with van der Waals surface area (Å²) in [7, 11) is -7.05. The first kappa shape index (κ1) is 16.3. The lowest BCUT2D eigenvalue weighted by atomic mass is 10.2. The van der Waals surface area contributed by atoms with E-state index in [2.05, 4.69) is 4.72 Å². The van der Waals surface area contributed by atoms with E-state index in [0.29, 0.717) is 12.8 Å². The molecule has 0 aliphatic carbocycles. The van der Waals surface area contributed by atoms with E-state index in [4.69, 9.17) is 18.0 Å². The maximum Gasteiger partial charge on any atom is 0.241 e. The molecule has 1 atom stereocenters. The molecule has 0 radical (unpaired) electrons. The van der Waals surface area contributed by atoms with E-state index in [1.54, 1.807) is 12.1 Å². The van der Waals surface area contributed by atoms with Crippen molar-refractivity contribution < 1.29 is 16.8 Å². The summed E-state index contributed by atoms with van der Waals surface area (Å²) < 4.78 is 50.4. The molecule has 2 rings (SSSR count). The smallest absolute Gasteiger partial charge is 0.241 e. The molecule has 9 heteroatoms. The van der Waals surface area contributed by atoms with E-state index in [1.165, 1.54) is 12.1 Å². The van der Waals surface area contributed by atoms with E-state index in [0.717, 1.165) is 0 Å². The molecule has 1 aromatic rings. The molecule has 1 aliphatic rings. The average molecular weight is 348 g/mol. The van der Waals surface area contributed by atoms with Gasteiger partial charge in [-0.15, -0.1) is 0 Å². The number of hydrogen-bond acceptors (Lipinski definition) is 5. The molecular weight excluding hydrogens is 332 g/mol. The molecule has 6 nitrogen and oxygen atoms in total. The number of sulfone groups is 1. The number of rotatable bonds is 5. The topological polar surface area (TPSA) is 106 Å². The Hall–Kier alpha value is -1.03. The van der Waals surface area contributed by atoms with Crippen LogP contribution in [0.5, 0.6) is 0 Å². The number of thiocarbonyl (C=S) groups is 1. The highest BCUT2D eigenvalue weighted by molar-refractivity contribution is 7.92. The van der Waals surface area contributed by atoms with Crippen LogP contribution in [0.25, 0.3) is 0 Å². The van der Waals surface area contributed by atoms with Gasteiger partial charge < -0.3 is 5.73 Å². The Bertz CT molecular complexity index is 756. The quantitative estimate of drug-likeness (QED) is 0.735. The fourth-order valence-corrected chi connectivity index (χ4v) is 5.69. The SMILES string of the molecule is NC(=S)c1ccccc1S(=O)(=O)NCC1CCCS1(=O)=O. The van der Waals surface area contributed by atoms with Gasteiger partial charge in [-0.05, 0) is 18.9 Å². The van der Waals surface area contributed by atoms with Crippen molar-refractivity contribution in [2.24, 2.45) is 5.73 Å². The number of hydrogen-bond donors (Lipinski definition) is 2. The second-order valence-corrected chi connectivity index (χ2v) is 9.42. The monoisotopic (exact) mass is 348 g/mol. The largest absolute Gasteiger partial charge is 0.389 e. The van der Waals surface area contributed by atoms with E-state index in [1.807, 2.05) is 0 Å². The van der Waals surface area contributed by atoms with Crippen molar-refractivity contribution in [3.63, 3.8) is 0 Å². The van der Waals surface area contributed by atoms with Gasteiger partial charge in [-0.3, -0.25) is 0 Å². The number of nitrogens with one attached hydrogen (secondary N) is 1. The second kappa shape index (κ2) is 5.99. The minimum absolute atomic E-state index is 0.0236. The second-order valence-electron chi connectivity index (χ2n) is 4.84. The summed E-state index contributed by atoms with van der Waals surface area (Å²) in [6, 6.07) is 6.10. The molecule has 1 unspecified atom stereocenters. The van der Waals surface area contributed by atoms with Crippen LogP contribution in [0, 0.1) is 0 Å². The highest BCUT2D eigenvalue weighted by atomic mass is 32.2. The molecule has 0 aromatic heterocycles. The average Bonchev–Trinajstić information content (AvgIpc) is 2.75. The number of nitrogens with two attached hydrogens (primary N) is 1. The molecule has 21 heavy (non-hydrogen) atoms. The van der Waals surface area contributed by atoms with Crippen LogP contribution in [0.15, 0.2) is 29.2 Å². The zero-order valence-corrected chi connectivity index (χ0v) is 13.6. The zero-order valence-electron chi connectivity index (χ0n) is 11.2. The van der Waals surface area contributed by atoms with Crippen molar-refractivity contribution >= 4 is 37.1 Å². The first-order valence-corrected chi connectivity index (χ1v) is 9.95. The van der Waals surface area contributed by atoms with Gasteiger partial charge in [0, 0.05) is 12.1 Å². The summed E-state index contributed by atoms with van der Waals surface area (Å²) in [5.74, 6) is 0.114. The molecule has 0 amide bonds.